The van der Waals surface area contributed by atoms with Crippen molar-refractivity contribution in [3.63, 3.8) is 0 Å². The highest BCUT2D eigenvalue weighted by Crippen LogP contribution is 2.29. The maximum absolute atomic E-state index is 13.2. The van der Waals surface area contributed by atoms with Crippen molar-refractivity contribution in [2.45, 2.75) is 18.2 Å². The molecule has 0 saturated carbocycles. The summed E-state index contributed by atoms with van der Waals surface area (Å²) in [5, 5.41) is 0. The van der Waals surface area contributed by atoms with E-state index in [0.717, 1.165) is 12.0 Å². The molecule has 1 unspecified atom stereocenters. The molecule has 1 nitrogen and oxygen atoms in total. The average molecular weight is 247 g/mol. The number of hydrogen-bond donors (Lipinski definition) is 0. The van der Waals surface area contributed by atoms with Crippen LogP contribution in [0.4, 0.5) is 4.39 Å². The van der Waals surface area contributed by atoms with Crippen LogP contribution in [0.1, 0.15) is 23.7 Å². The molecule has 1 aromatic carbocycles. The Balaban J connectivity index is 2.95. The molecule has 0 fully saturated rings. The Hall–Kier alpha value is -0.570. The van der Waals surface area contributed by atoms with Crippen molar-refractivity contribution in [3.8, 4) is 5.75 Å². The summed E-state index contributed by atoms with van der Waals surface area (Å²) in [6.07, 6.45) is 0.936. The van der Waals surface area contributed by atoms with Crippen molar-refractivity contribution in [2.75, 3.05) is 7.11 Å². The Morgan fingerprint density at radius 3 is 2.69 bits per heavy atom. The van der Waals surface area contributed by atoms with Gasteiger partial charge in [0, 0.05) is 4.83 Å². The molecule has 1 atom stereocenters. The average Bonchev–Trinajstić information content (AvgIpc) is 2.16. The maximum Gasteiger partial charge on any atom is 0.165 e. The van der Waals surface area contributed by atoms with Crippen molar-refractivity contribution in [3.05, 3.63) is 29.6 Å². The van der Waals surface area contributed by atoms with Gasteiger partial charge in [-0.25, -0.2) is 4.39 Å². The largest absolute Gasteiger partial charge is 0.494 e. The number of hydrogen-bond acceptors (Lipinski definition) is 1. The van der Waals surface area contributed by atoms with Gasteiger partial charge in [-0.15, -0.1) is 0 Å². The molecule has 0 amide bonds. The van der Waals surface area contributed by atoms with Crippen LogP contribution >= 0.6 is 15.9 Å². The smallest absolute Gasteiger partial charge is 0.165 e. The Morgan fingerprint density at radius 2 is 2.23 bits per heavy atom. The fourth-order valence-corrected chi connectivity index (χ4v) is 1.40. The highest BCUT2D eigenvalue weighted by atomic mass is 79.9. The van der Waals surface area contributed by atoms with Gasteiger partial charge >= 0.3 is 0 Å². The molecule has 0 spiro atoms. The predicted octanol–water partition coefficient (Wildman–Crippen LogP) is 3.68. The summed E-state index contributed by atoms with van der Waals surface area (Å²) in [5.74, 6) is -0.0162. The van der Waals surface area contributed by atoms with Crippen LogP contribution in [0, 0.1) is 5.82 Å². The molecule has 1 rings (SSSR count). The molecule has 0 aliphatic heterocycles. The lowest BCUT2D eigenvalue weighted by Gasteiger charge is -2.08. The van der Waals surface area contributed by atoms with Crippen LogP contribution in [0.2, 0.25) is 0 Å². The van der Waals surface area contributed by atoms with Gasteiger partial charge in [0.2, 0.25) is 0 Å². The molecule has 0 radical (unpaired) electrons. The summed E-state index contributed by atoms with van der Waals surface area (Å²) in [6.45, 7) is 2.04. The van der Waals surface area contributed by atoms with Gasteiger partial charge in [0.25, 0.3) is 0 Å². The molecule has 0 N–H and O–H groups in total. The monoisotopic (exact) mass is 246 g/mol. The Bertz CT molecular complexity index is 288. The summed E-state index contributed by atoms with van der Waals surface area (Å²) in [5.41, 5.74) is 0.945. The van der Waals surface area contributed by atoms with Gasteiger partial charge in [-0.05, 0) is 24.1 Å². The van der Waals surface area contributed by atoms with Crippen LogP contribution in [-0.2, 0) is 0 Å². The molecular weight excluding hydrogens is 235 g/mol. The third kappa shape index (κ3) is 2.44. The zero-order chi connectivity index (χ0) is 9.84. The van der Waals surface area contributed by atoms with E-state index in [4.69, 9.17) is 4.74 Å². The molecule has 3 heteroatoms. The standard InChI is InChI=1S/C10H12BrFO/c1-3-8(11)7-4-5-10(13-2)9(12)6-7/h4-6,8H,3H2,1-2H3. The third-order valence-corrected chi connectivity index (χ3v) is 3.07. The molecule has 0 heterocycles. The highest BCUT2D eigenvalue weighted by Gasteiger charge is 2.08. The zero-order valence-corrected chi connectivity index (χ0v) is 9.27. The lowest BCUT2D eigenvalue weighted by molar-refractivity contribution is 0.386. The normalized spacial score (nSPS) is 12.6. The summed E-state index contributed by atoms with van der Waals surface area (Å²) >= 11 is 3.46. The van der Waals surface area contributed by atoms with E-state index < -0.39 is 0 Å². The van der Waals surface area contributed by atoms with E-state index in [9.17, 15) is 4.39 Å². The molecule has 0 aromatic heterocycles. The molecule has 72 valence electrons. The number of halogens is 2. The van der Waals surface area contributed by atoms with Gasteiger partial charge in [-0.3, -0.25) is 0 Å². The first-order valence-electron chi connectivity index (χ1n) is 4.16. The van der Waals surface area contributed by atoms with E-state index in [1.807, 2.05) is 13.0 Å². The van der Waals surface area contributed by atoms with Gasteiger partial charge in [-0.2, -0.15) is 0 Å². The predicted molar refractivity (Wildman–Crippen MR) is 54.9 cm³/mol. The lowest BCUT2D eigenvalue weighted by atomic mass is 10.1. The second-order valence-corrected chi connectivity index (χ2v) is 3.88. The fourth-order valence-electron chi connectivity index (χ4n) is 1.11. The minimum Gasteiger partial charge on any atom is -0.494 e. The molecule has 0 bridgehead atoms. The fraction of sp³-hybridized carbons (Fsp3) is 0.400. The van der Waals surface area contributed by atoms with Crippen LogP contribution in [0.15, 0.2) is 18.2 Å². The molecule has 0 aliphatic carbocycles. The first kappa shape index (κ1) is 10.5. The van der Waals surface area contributed by atoms with Crippen LogP contribution in [0.5, 0.6) is 5.75 Å². The van der Waals surface area contributed by atoms with Crippen LogP contribution in [0.25, 0.3) is 0 Å². The van der Waals surface area contributed by atoms with Crippen LogP contribution in [0.3, 0.4) is 0 Å². The number of ether oxygens (including phenoxy) is 1. The Labute approximate surface area is 86.0 Å². The van der Waals surface area contributed by atoms with Crippen molar-refractivity contribution < 1.29 is 9.13 Å². The minimum atomic E-state index is -0.307. The van der Waals surface area contributed by atoms with Crippen molar-refractivity contribution in [2.24, 2.45) is 0 Å². The summed E-state index contributed by atoms with van der Waals surface area (Å²) < 4.78 is 18.0. The molecule has 0 saturated heterocycles. The van der Waals surface area contributed by atoms with E-state index >= 15 is 0 Å². The Morgan fingerprint density at radius 1 is 1.54 bits per heavy atom. The van der Waals surface area contributed by atoms with Gasteiger partial charge in [0.05, 0.1) is 7.11 Å². The van der Waals surface area contributed by atoms with Crippen molar-refractivity contribution >= 4 is 15.9 Å². The van der Waals surface area contributed by atoms with E-state index in [2.05, 4.69) is 15.9 Å². The van der Waals surface area contributed by atoms with Crippen molar-refractivity contribution in [1.82, 2.24) is 0 Å². The third-order valence-electron chi connectivity index (χ3n) is 1.90. The van der Waals surface area contributed by atoms with E-state index in [1.54, 1.807) is 6.07 Å². The second-order valence-electron chi connectivity index (χ2n) is 2.77. The zero-order valence-electron chi connectivity index (χ0n) is 7.68. The van der Waals surface area contributed by atoms with Gasteiger partial charge < -0.3 is 4.74 Å². The SMILES string of the molecule is CCC(Br)c1ccc(OC)c(F)c1. The summed E-state index contributed by atoms with van der Waals surface area (Å²) in [6, 6.07) is 5.02. The first-order valence-corrected chi connectivity index (χ1v) is 5.08. The quantitative estimate of drug-likeness (QED) is 0.740. The number of methoxy groups -OCH3 is 1. The number of benzene rings is 1. The first-order chi connectivity index (χ1) is 6.19. The Kier molecular flexibility index (Phi) is 3.72. The minimum absolute atomic E-state index is 0.216. The molecular formula is C10H12BrFO. The molecule has 0 aliphatic rings. The number of rotatable bonds is 3. The lowest BCUT2D eigenvalue weighted by Crippen LogP contribution is -1.92. The maximum atomic E-state index is 13.2. The van der Waals surface area contributed by atoms with Gasteiger partial charge in [-0.1, -0.05) is 28.9 Å². The molecule has 1 aromatic rings. The van der Waals surface area contributed by atoms with Crippen LogP contribution in [-0.4, -0.2) is 7.11 Å². The second kappa shape index (κ2) is 4.61. The summed E-state index contributed by atoms with van der Waals surface area (Å²) in [4.78, 5) is 0.216. The summed E-state index contributed by atoms with van der Waals surface area (Å²) in [7, 11) is 1.46. The van der Waals surface area contributed by atoms with Crippen LogP contribution < -0.4 is 4.74 Å². The van der Waals surface area contributed by atoms with Crippen molar-refractivity contribution in [1.29, 1.82) is 0 Å². The highest BCUT2D eigenvalue weighted by molar-refractivity contribution is 9.09. The van der Waals surface area contributed by atoms with E-state index in [1.165, 1.54) is 13.2 Å². The van der Waals surface area contributed by atoms with Gasteiger partial charge in [0.1, 0.15) is 0 Å². The van der Waals surface area contributed by atoms with Gasteiger partial charge in [0.15, 0.2) is 11.6 Å². The van der Waals surface area contributed by atoms with E-state index in [0.29, 0.717) is 5.75 Å². The number of alkyl halides is 1. The molecule has 13 heavy (non-hydrogen) atoms. The topological polar surface area (TPSA) is 9.23 Å². The van der Waals surface area contributed by atoms with E-state index in [-0.39, 0.29) is 10.6 Å².